The summed E-state index contributed by atoms with van der Waals surface area (Å²) in [5.74, 6) is 0. The molecule has 0 bridgehead atoms. The van der Waals surface area contributed by atoms with E-state index in [9.17, 15) is 13.2 Å². The van der Waals surface area contributed by atoms with Gasteiger partial charge in [-0.3, -0.25) is 4.68 Å². The third kappa shape index (κ3) is 2.42. The second kappa shape index (κ2) is 4.00. The normalized spacial score (nSPS) is 11.7. The van der Waals surface area contributed by atoms with Crippen molar-refractivity contribution in [2.24, 2.45) is 0 Å². The van der Waals surface area contributed by atoms with E-state index in [1.165, 1.54) is 4.68 Å². The van der Waals surface area contributed by atoms with E-state index < -0.39 is 11.7 Å². The first-order valence-corrected chi connectivity index (χ1v) is 4.69. The van der Waals surface area contributed by atoms with E-state index in [4.69, 9.17) is 0 Å². The van der Waals surface area contributed by atoms with Crippen molar-refractivity contribution in [2.45, 2.75) is 12.7 Å². The van der Waals surface area contributed by atoms with Crippen LogP contribution in [0.3, 0.4) is 0 Å². The van der Waals surface area contributed by atoms with E-state index in [1.807, 2.05) is 30.3 Å². The molecule has 0 fully saturated rings. The highest BCUT2D eigenvalue weighted by Gasteiger charge is 2.32. The standard InChI is InChI=1S/C11H9F3N2/c12-11(13,14)10-6-15-16(8-10)7-9-4-2-1-3-5-9/h1-6,8H,7H2. The average molecular weight is 226 g/mol. The van der Waals surface area contributed by atoms with Gasteiger partial charge in [0.2, 0.25) is 0 Å². The summed E-state index contributed by atoms with van der Waals surface area (Å²) in [7, 11) is 0. The molecular formula is C11H9F3N2. The zero-order valence-electron chi connectivity index (χ0n) is 8.28. The Balaban J connectivity index is 2.15. The van der Waals surface area contributed by atoms with Gasteiger partial charge in [0.1, 0.15) is 0 Å². The number of rotatable bonds is 2. The van der Waals surface area contributed by atoms with Gasteiger partial charge < -0.3 is 0 Å². The van der Waals surface area contributed by atoms with Crippen LogP contribution in [0.1, 0.15) is 11.1 Å². The number of halogens is 3. The van der Waals surface area contributed by atoms with Gasteiger partial charge in [0.25, 0.3) is 0 Å². The van der Waals surface area contributed by atoms with E-state index in [-0.39, 0.29) is 0 Å². The number of benzene rings is 1. The highest BCUT2D eigenvalue weighted by molar-refractivity contribution is 5.16. The van der Waals surface area contributed by atoms with Crippen molar-refractivity contribution in [3.8, 4) is 0 Å². The first kappa shape index (κ1) is 10.7. The molecule has 0 N–H and O–H groups in total. The number of hydrogen-bond acceptors (Lipinski definition) is 1. The molecule has 1 aromatic carbocycles. The van der Waals surface area contributed by atoms with Crippen LogP contribution in [0.5, 0.6) is 0 Å². The van der Waals surface area contributed by atoms with Gasteiger partial charge in [-0.1, -0.05) is 30.3 Å². The Bertz CT molecular complexity index is 460. The first-order valence-electron chi connectivity index (χ1n) is 4.69. The van der Waals surface area contributed by atoms with Gasteiger partial charge in [-0.2, -0.15) is 18.3 Å². The van der Waals surface area contributed by atoms with Gasteiger partial charge in [-0.15, -0.1) is 0 Å². The number of alkyl halides is 3. The fourth-order valence-corrected chi connectivity index (χ4v) is 1.37. The maximum Gasteiger partial charge on any atom is 0.419 e. The Morgan fingerprint density at radius 1 is 1.12 bits per heavy atom. The van der Waals surface area contributed by atoms with E-state index in [0.29, 0.717) is 6.54 Å². The lowest BCUT2D eigenvalue weighted by molar-refractivity contribution is -0.137. The minimum Gasteiger partial charge on any atom is -0.268 e. The summed E-state index contributed by atoms with van der Waals surface area (Å²) < 4.78 is 38.1. The van der Waals surface area contributed by atoms with E-state index in [2.05, 4.69) is 5.10 Å². The van der Waals surface area contributed by atoms with Crippen molar-refractivity contribution >= 4 is 0 Å². The van der Waals surface area contributed by atoms with Gasteiger partial charge in [-0.05, 0) is 5.56 Å². The van der Waals surface area contributed by atoms with Crippen LogP contribution in [0.25, 0.3) is 0 Å². The predicted octanol–water partition coefficient (Wildman–Crippen LogP) is 2.95. The van der Waals surface area contributed by atoms with Gasteiger partial charge in [0.05, 0.1) is 18.3 Å². The summed E-state index contributed by atoms with van der Waals surface area (Å²) in [5.41, 5.74) is 0.197. The maximum absolute atomic E-state index is 12.3. The number of aromatic nitrogens is 2. The van der Waals surface area contributed by atoms with Gasteiger partial charge in [-0.25, -0.2) is 0 Å². The fraction of sp³-hybridized carbons (Fsp3) is 0.182. The van der Waals surface area contributed by atoms with Crippen molar-refractivity contribution in [3.63, 3.8) is 0 Å². The summed E-state index contributed by atoms with van der Waals surface area (Å²) in [6.07, 6.45) is -2.48. The predicted molar refractivity (Wildman–Crippen MR) is 52.8 cm³/mol. The van der Waals surface area contributed by atoms with Crippen LogP contribution in [0, 0.1) is 0 Å². The summed E-state index contributed by atoms with van der Waals surface area (Å²) in [5, 5.41) is 3.67. The molecule has 0 atom stereocenters. The Kier molecular flexibility index (Phi) is 2.68. The van der Waals surface area contributed by atoms with Crippen molar-refractivity contribution in [3.05, 3.63) is 53.9 Å². The monoisotopic (exact) mass is 226 g/mol. The molecule has 2 aromatic rings. The summed E-state index contributed by atoms with van der Waals surface area (Å²) in [6, 6.07) is 9.21. The molecule has 0 saturated carbocycles. The highest BCUT2D eigenvalue weighted by atomic mass is 19.4. The molecule has 0 aliphatic carbocycles. The van der Waals surface area contributed by atoms with Crippen molar-refractivity contribution in [1.29, 1.82) is 0 Å². The smallest absolute Gasteiger partial charge is 0.268 e. The highest BCUT2D eigenvalue weighted by Crippen LogP contribution is 2.28. The third-order valence-electron chi connectivity index (χ3n) is 2.15. The molecule has 5 heteroatoms. The van der Waals surface area contributed by atoms with Crippen LogP contribution >= 0.6 is 0 Å². The summed E-state index contributed by atoms with van der Waals surface area (Å²) in [6.45, 7) is 0.344. The van der Waals surface area contributed by atoms with Crippen LogP contribution < -0.4 is 0 Å². The summed E-state index contributed by atoms with van der Waals surface area (Å²) in [4.78, 5) is 0. The van der Waals surface area contributed by atoms with Gasteiger partial charge >= 0.3 is 6.18 Å². The van der Waals surface area contributed by atoms with Crippen LogP contribution in [0.15, 0.2) is 42.7 Å². The van der Waals surface area contributed by atoms with Crippen molar-refractivity contribution in [1.82, 2.24) is 9.78 Å². The Morgan fingerprint density at radius 3 is 2.38 bits per heavy atom. The molecule has 1 heterocycles. The largest absolute Gasteiger partial charge is 0.419 e. The molecule has 2 rings (SSSR count). The summed E-state index contributed by atoms with van der Waals surface area (Å²) >= 11 is 0. The minimum atomic E-state index is -4.32. The molecule has 16 heavy (non-hydrogen) atoms. The third-order valence-corrected chi connectivity index (χ3v) is 2.15. The van der Waals surface area contributed by atoms with Crippen molar-refractivity contribution < 1.29 is 13.2 Å². The average Bonchev–Trinajstić information content (AvgIpc) is 2.67. The molecule has 0 saturated heterocycles. The molecule has 0 unspecified atom stereocenters. The molecule has 0 radical (unpaired) electrons. The molecule has 0 aliphatic heterocycles. The van der Waals surface area contributed by atoms with Crippen LogP contribution in [0.2, 0.25) is 0 Å². The lowest BCUT2D eigenvalue weighted by atomic mass is 10.2. The van der Waals surface area contributed by atoms with Gasteiger partial charge in [0, 0.05) is 6.20 Å². The molecule has 0 spiro atoms. The molecule has 1 aromatic heterocycles. The first-order chi connectivity index (χ1) is 7.55. The number of hydrogen-bond donors (Lipinski definition) is 0. The van der Waals surface area contributed by atoms with E-state index in [1.54, 1.807) is 0 Å². The Hall–Kier alpha value is -1.78. The zero-order chi connectivity index (χ0) is 11.6. The van der Waals surface area contributed by atoms with Crippen LogP contribution in [-0.4, -0.2) is 9.78 Å². The molecule has 2 nitrogen and oxygen atoms in total. The topological polar surface area (TPSA) is 17.8 Å². The second-order valence-electron chi connectivity index (χ2n) is 3.41. The van der Waals surface area contributed by atoms with Crippen molar-refractivity contribution in [2.75, 3.05) is 0 Å². The molecule has 0 amide bonds. The Morgan fingerprint density at radius 2 is 1.81 bits per heavy atom. The van der Waals surface area contributed by atoms with Crippen LogP contribution in [-0.2, 0) is 12.7 Å². The van der Waals surface area contributed by atoms with Crippen LogP contribution in [0.4, 0.5) is 13.2 Å². The molecular weight excluding hydrogens is 217 g/mol. The maximum atomic E-state index is 12.3. The van der Waals surface area contributed by atoms with E-state index in [0.717, 1.165) is 18.0 Å². The lowest BCUT2D eigenvalue weighted by Gasteiger charge is -2.02. The lowest BCUT2D eigenvalue weighted by Crippen LogP contribution is -2.03. The quantitative estimate of drug-likeness (QED) is 0.769. The fourth-order valence-electron chi connectivity index (χ4n) is 1.37. The number of nitrogens with zero attached hydrogens (tertiary/aromatic N) is 2. The minimum absolute atomic E-state index is 0.344. The second-order valence-corrected chi connectivity index (χ2v) is 3.41. The zero-order valence-corrected chi connectivity index (χ0v) is 8.28. The SMILES string of the molecule is FC(F)(F)c1cnn(Cc2ccccc2)c1. The molecule has 0 aliphatic rings. The van der Waals surface area contributed by atoms with Gasteiger partial charge in [0.15, 0.2) is 0 Å². The van der Waals surface area contributed by atoms with E-state index >= 15 is 0 Å². The molecule has 84 valence electrons. The Labute approximate surface area is 90.3 Å².